The molecule has 5 heteroatoms. The van der Waals surface area contributed by atoms with Crippen LogP contribution < -0.4 is 0 Å². The van der Waals surface area contributed by atoms with E-state index in [-0.39, 0.29) is 5.56 Å². The molecule has 0 spiro atoms. The van der Waals surface area contributed by atoms with Gasteiger partial charge in [0.15, 0.2) is 0 Å². The first kappa shape index (κ1) is 14.6. The van der Waals surface area contributed by atoms with E-state index >= 15 is 0 Å². The van der Waals surface area contributed by atoms with Gasteiger partial charge in [-0.25, -0.2) is 9.18 Å². The monoisotopic (exact) mass is 317 g/mol. The van der Waals surface area contributed by atoms with Crippen molar-refractivity contribution in [2.45, 2.75) is 13.5 Å². The Balaban J connectivity index is 2.24. The number of aromatic carboxylic acids is 1. The summed E-state index contributed by atoms with van der Waals surface area (Å²) in [5.74, 6) is -1.40. The summed E-state index contributed by atoms with van der Waals surface area (Å²) in [6.07, 6.45) is 1.62. The van der Waals surface area contributed by atoms with Crippen LogP contribution in [0.4, 0.5) is 4.39 Å². The molecule has 3 rings (SSSR count). The van der Waals surface area contributed by atoms with Crippen LogP contribution in [0.3, 0.4) is 0 Å². The number of benzene rings is 2. The van der Waals surface area contributed by atoms with Crippen molar-refractivity contribution in [3.05, 3.63) is 59.0 Å². The fraction of sp³-hybridized carbons (Fsp3) is 0.118. The summed E-state index contributed by atoms with van der Waals surface area (Å²) >= 11 is 5.89. The summed E-state index contributed by atoms with van der Waals surface area (Å²) in [5, 5.41) is 10.3. The van der Waals surface area contributed by atoms with Crippen LogP contribution in [0.25, 0.3) is 22.0 Å². The second-order valence-electron chi connectivity index (χ2n) is 5.02. The molecule has 0 unspecified atom stereocenters. The highest BCUT2D eigenvalue weighted by Crippen LogP contribution is 2.30. The standard InChI is InChI=1S/C17H13ClFNO2/c1-2-20-9-15(17(21)22)14-7-10(3-4-16(14)20)11-5-12(18)8-13(19)6-11/h3-9H,2H2,1H3,(H,21,22). The van der Waals surface area contributed by atoms with Crippen molar-refractivity contribution >= 4 is 28.5 Å². The summed E-state index contributed by atoms with van der Waals surface area (Å²) in [7, 11) is 0. The molecule has 3 nitrogen and oxygen atoms in total. The lowest BCUT2D eigenvalue weighted by Crippen LogP contribution is -1.94. The third kappa shape index (κ3) is 2.46. The van der Waals surface area contributed by atoms with Crippen molar-refractivity contribution in [1.29, 1.82) is 0 Å². The van der Waals surface area contributed by atoms with Gasteiger partial charge < -0.3 is 9.67 Å². The first-order chi connectivity index (χ1) is 10.5. The summed E-state index contributed by atoms with van der Waals surface area (Å²) < 4.78 is 15.4. The third-order valence-corrected chi connectivity index (χ3v) is 3.87. The van der Waals surface area contributed by atoms with Crippen LogP contribution in [0.15, 0.2) is 42.6 Å². The molecule has 0 aliphatic rings. The molecule has 1 aromatic heterocycles. The Labute approximate surface area is 131 Å². The number of carboxylic acid groups (broad SMARTS) is 1. The Hall–Kier alpha value is -2.33. The van der Waals surface area contributed by atoms with E-state index in [1.807, 2.05) is 23.6 Å². The number of aryl methyl sites for hydroxylation is 1. The minimum atomic E-state index is -0.980. The number of carboxylic acids is 1. The number of hydrogen-bond donors (Lipinski definition) is 1. The molecule has 0 bridgehead atoms. The molecule has 2 aromatic carbocycles. The largest absolute Gasteiger partial charge is 0.478 e. The molecule has 0 atom stereocenters. The second kappa shape index (κ2) is 5.46. The number of carbonyl (C=O) groups is 1. The van der Waals surface area contributed by atoms with Gasteiger partial charge in [-0.05, 0) is 48.4 Å². The van der Waals surface area contributed by atoms with Crippen molar-refractivity contribution in [2.24, 2.45) is 0 Å². The highest BCUT2D eigenvalue weighted by Gasteiger charge is 2.14. The fourth-order valence-corrected chi connectivity index (χ4v) is 2.85. The molecule has 0 aliphatic heterocycles. The van der Waals surface area contributed by atoms with Crippen molar-refractivity contribution in [1.82, 2.24) is 4.57 Å². The zero-order valence-electron chi connectivity index (χ0n) is 11.8. The number of halogens is 2. The van der Waals surface area contributed by atoms with Gasteiger partial charge in [0, 0.05) is 28.7 Å². The van der Waals surface area contributed by atoms with Gasteiger partial charge in [0.1, 0.15) is 5.82 Å². The summed E-state index contributed by atoms with van der Waals surface area (Å²) in [5.41, 5.74) is 2.42. The quantitative estimate of drug-likeness (QED) is 0.752. The minimum absolute atomic E-state index is 0.237. The van der Waals surface area contributed by atoms with Gasteiger partial charge in [-0.2, -0.15) is 0 Å². The number of fused-ring (bicyclic) bond motifs is 1. The molecule has 112 valence electrons. The lowest BCUT2D eigenvalue weighted by molar-refractivity contribution is 0.0699. The van der Waals surface area contributed by atoms with E-state index in [2.05, 4.69) is 0 Å². The van der Waals surface area contributed by atoms with Crippen LogP contribution in [0.1, 0.15) is 17.3 Å². The Morgan fingerprint density at radius 3 is 2.64 bits per heavy atom. The average molecular weight is 318 g/mol. The first-order valence-electron chi connectivity index (χ1n) is 6.82. The van der Waals surface area contributed by atoms with Crippen molar-refractivity contribution in [3.8, 4) is 11.1 Å². The molecular formula is C17H13ClFNO2. The summed E-state index contributed by atoms with van der Waals surface area (Å²) in [6, 6.07) is 9.72. The van der Waals surface area contributed by atoms with Crippen molar-refractivity contribution in [2.75, 3.05) is 0 Å². The lowest BCUT2D eigenvalue weighted by atomic mass is 10.0. The number of rotatable bonds is 3. The summed E-state index contributed by atoms with van der Waals surface area (Å²) in [4.78, 5) is 11.4. The van der Waals surface area contributed by atoms with E-state index in [4.69, 9.17) is 11.6 Å². The van der Waals surface area contributed by atoms with Crippen LogP contribution >= 0.6 is 11.6 Å². The molecule has 0 aliphatic carbocycles. The van der Waals surface area contributed by atoms with Crippen molar-refractivity contribution < 1.29 is 14.3 Å². The van der Waals surface area contributed by atoms with Gasteiger partial charge in [0.2, 0.25) is 0 Å². The van der Waals surface area contributed by atoms with Crippen LogP contribution in [-0.4, -0.2) is 15.6 Å². The Bertz CT molecular complexity index is 865. The topological polar surface area (TPSA) is 42.2 Å². The average Bonchev–Trinajstić information content (AvgIpc) is 2.84. The Morgan fingerprint density at radius 1 is 1.23 bits per heavy atom. The predicted octanol–water partition coefficient (Wildman–Crippen LogP) is 4.82. The van der Waals surface area contributed by atoms with E-state index in [9.17, 15) is 14.3 Å². The second-order valence-corrected chi connectivity index (χ2v) is 5.46. The molecule has 0 amide bonds. The number of aromatic nitrogens is 1. The van der Waals surface area contributed by atoms with E-state index in [0.29, 0.717) is 22.5 Å². The molecular weight excluding hydrogens is 305 g/mol. The maximum Gasteiger partial charge on any atom is 0.337 e. The normalized spacial score (nSPS) is 11.0. The molecule has 0 radical (unpaired) electrons. The predicted molar refractivity (Wildman–Crippen MR) is 85.0 cm³/mol. The first-order valence-corrected chi connectivity index (χ1v) is 7.20. The van der Waals surface area contributed by atoms with Gasteiger partial charge in [0.05, 0.1) is 5.56 Å². The van der Waals surface area contributed by atoms with Crippen molar-refractivity contribution in [3.63, 3.8) is 0 Å². The zero-order chi connectivity index (χ0) is 15.9. The molecule has 3 aromatic rings. The van der Waals surface area contributed by atoms with Gasteiger partial charge in [0.25, 0.3) is 0 Å². The van der Waals surface area contributed by atoms with E-state index in [0.717, 1.165) is 11.1 Å². The lowest BCUT2D eigenvalue weighted by Gasteiger charge is -2.05. The number of nitrogens with zero attached hydrogens (tertiary/aromatic N) is 1. The van der Waals surface area contributed by atoms with Gasteiger partial charge in [-0.15, -0.1) is 0 Å². The Kier molecular flexibility index (Phi) is 3.62. The fourth-order valence-electron chi connectivity index (χ4n) is 2.63. The summed E-state index contributed by atoms with van der Waals surface area (Å²) in [6.45, 7) is 2.63. The zero-order valence-corrected chi connectivity index (χ0v) is 12.6. The SMILES string of the molecule is CCn1cc(C(=O)O)c2cc(-c3cc(F)cc(Cl)c3)ccc21. The number of hydrogen-bond acceptors (Lipinski definition) is 1. The van der Waals surface area contributed by atoms with Crippen LogP contribution in [0, 0.1) is 5.82 Å². The molecule has 1 heterocycles. The maximum absolute atomic E-state index is 13.5. The smallest absolute Gasteiger partial charge is 0.337 e. The van der Waals surface area contributed by atoms with E-state index < -0.39 is 11.8 Å². The highest BCUT2D eigenvalue weighted by atomic mass is 35.5. The van der Waals surface area contributed by atoms with E-state index in [1.54, 1.807) is 18.3 Å². The van der Waals surface area contributed by atoms with Crippen LogP contribution in [0.5, 0.6) is 0 Å². The minimum Gasteiger partial charge on any atom is -0.478 e. The molecule has 1 N–H and O–H groups in total. The molecule has 0 saturated heterocycles. The Morgan fingerprint density at radius 2 is 2.00 bits per heavy atom. The third-order valence-electron chi connectivity index (χ3n) is 3.65. The van der Waals surface area contributed by atoms with Gasteiger partial charge in [-0.1, -0.05) is 17.7 Å². The van der Waals surface area contributed by atoms with Gasteiger partial charge in [-0.3, -0.25) is 0 Å². The molecule has 0 saturated carbocycles. The van der Waals surface area contributed by atoms with E-state index in [1.165, 1.54) is 12.1 Å². The van der Waals surface area contributed by atoms with Crippen LogP contribution in [0.2, 0.25) is 5.02 Å². The molecule has 0 fully saturated rings. The van der Waals surface area contributed by atoms with Crippen LogP contribution in [-0.2, 0) is 6.54 Å². The van der Waals surface area contributed by atoms with Gasteiger partial charge >= 0.3 is 5.97 Å². The molecule has 22 heavy (non-hydrogen) atoms. The maximum atomic E-state index is 13.5. The highest BCUT2D eigenvalue weighted by molar-refractivity contribution is 6.30.